The Kier molecular flexibility index (Phi) is 6.81. The fourth-order valence-corrected chi connectivity index (χ4v) is 2.47. The number of methoxy groups -OCH3 is 2. The van der Waals surface area contributed by atoms with Crippen LogP contribution in [-0.4, -0.2) is 33.0 Å². The first-order valence-corrected chi connectivity index (χ1v) is 8.63. The second-order valence-electron chi connectivity index (χ2n) is 4.93. The van der Waals surface area contributed by atoms with Crippen molar-refractivity contribution in [3.05, 3.63) is 48.0 Å². The molecule has 0 atom stereocenters. The first-order chi connectivity index (χ1) is 11.7. The van der Waals surface area contributed by atoms with E-state index in [1.807, 2.05) is 48.7 Å². The highest BCUT2D eigenvalue weighted by Gasteiger charge is 2.07. The van der Waals surface area contributed by atoms with E-state index in [9.17, 15) is 4.79 Å². The van der Waals surface area contributed by atoms with Crippen LogP contribution < -0.4 is 19.5 Å². The minimum Gasteiger partial charge on any atom is -0.493 e. The molecule has 0 aliphatic heterocycles. The summed E-state index contributed by atoms with van der Waals surface area (Å²) in [6.07, 6.45) is 2.01. The van der Waals surface area contributed by atoms with Crippen molar-refractivity contribution in [1.29, 1.82) is 0 Å². The van der Waals surface area contributed by atoms with Gasteiger partial charge in [0.25, 0.3) is 5.91 Å². The summed E-state index contributed by atoms with van der Waals surface area (Å²) in [6, 6.07) is 13.2. The Morgan fingerprint density at radius 3 is 2.38 bits per heavy atom. The van der Waals surface area contributed by atoms with Crippen molar-refractivity contribution in [3.63, 3.8) is 0 Å². The molecule has 6 heteroatoms. The smallest absolute Gasteiger partial charge is 0.258 e. The summed E-state index contributed by atoms with van der Waals surface area (Å²) in [5, 5.41) is 2.82. The molecule has 0 aliphatic carbocycles. The van der Waals surface area contributed by atoms with Gasteiger partial charge in [-0.3, -0.25) is 4.79 Å². The lowest BCUT2D eigenvalue weighted by Gasteiger charge is -2.11. The largest absolute Gasteiger partial charge is 0.493 e. The zero-order valence-corrected chi connectivity index (χ0v) is 14.8. The standard InChI is InChI=1S/C18H21NO4S/c1-21-16-9-4-13(10-17(16)22-2)11-19-18(20)12-23-14-5-7-15(24-3)8-6-14/h4-10H,11-12H2,1-3H3,(H,19,20). The molecule has 1 amide bonds. The second kappa shape index (κ2) is 9.08. The topological polar surface area (TPSA) is 56.8 Å². The number of nitrogens with one attached hydrogen (secondary N) is 1. The zero-order valence-electron chi connectivity index (χ0n) is 14.0. The Bertz CT molecular complexity index is 673. The van der Waals surface area contributed by atoms with Gasteiger partial charge in [0, 0.05) is 11.4 Å². The number of carbonyl (C=O) groups excluding carboxylic acids is 1. The van der Waals surface area contributed by atoms with E-state index in [1.165, 1.54) is 0 Å². The maximum atomic E-state index is 11.9. The SMILES string of the molecule is COc1ccc(CNC(=O)COc2ccc(SC)cc2)cc1OC. The summed E-state index contributed by atoms with van der Waals surface area (Å²) in [5.41, 5.74) is 0.922. The highest BCUT2D eigenvalue weighted by Crippen LogP contribution is 2.27. The van der Waals surface area contributed by atoms with Crippen LogP contribution in [0.4, 0.5) is 0 Å². The first-order valence-electron chi connectivity index (χ1n) is 7.40. The summed E-state index contributed by atoms with van der Waals surface area (Å²) in [4.78, 5) is 13.0. The minimum absolute atomic E-state index is 0.0219. The lowest BCUT2D eigenvalue weighted by atomic mass is 10.2. The summed E-state index contributed by atoms with van der Waals surface area (Å²) < 4.78 is 15.9. The molecule has 5 nitrogen and oxygen atoms in total. The molecule has 24 heavy (non-hydrogen) atoms. The third-order valence-electron chi connectivity index (χ3n) is 3.37. The van der Waals surface area contributed by atoms with Crippen LogP contribution in [0.5, 0.6) is 17.2 Å². The van der Waals surface area contributed by atoms with Gasteiger partial charge in [0.15, 0.2) is 18.1 Å². The molecule has 0 fully saturated rings. The summed E-state index contributed by atoms with van der Waals surface area (Å²) in [6.45, 7) is 0.375. The molecular weight excluding hydrogens is 326 g/mol. The van der Waals surface area contributed by atoms with Crippen LogP contribution in [0.2, 0.25) is 0 Å². The first kappa shape index (κ1) is 18.0. The average molecular weight is 347 g/mol. The molecule has 0 heterocycles. The normalized spacial score (nSPS) is 10.1. The predicted molar refractivity (Wildman–Crippen MR) is 95.1 cm³/mol. The minimum atomic E-state index is -0.182. The fraction of sp³-hybridized carbons (Fsp3) is 0.278. The van der Waals surface area contributed by atoms with Crippen LogP contribution in [-0.2, 0) is 11.3 Å². The zero-order chi connectivity index (χ0) is 17.4. The molecule has 0 aliphatic rings. The number of thioether (sulfide) groups is 1. The molecule has 0 unspecified atom stereocenters. The van der Waals surface area contributed by atoms with E-state index < -0.39 is 0 Å². The van der Waals surface area contributed by atoms with Gasteiger partial charge in [-0.25, -0.2) is 0 Å². The van der Waals surface area contributed by atoms with Gasteiger partial charge >= 0.3 is 0 Å². The highest BCUT2D eigenvalue weighted by atomic mass is 32.2. The van der Waals surface area contributed by atoms with Gasteiger partial charge in [0.1, 0.15) is 5.75 Å². The molecule has 1 N–H and O–H groups in total. The van der Waals surface area contributed by atoms with Gasteiger partial charge in [-0.2, -0.15) is 0 Å². The Hall–Kier alpha value is -2.34. The number of rotatable bonds is 8. The summed E-state index contributed by atoms with van der Waals surface area (Å²) in [7, 11) is 3.17. The van der Waals surface area contributed by atoms with Crippen molar-refractivity contribution in [2.75, 3.05) is 27.1 Å². The monoisotopic (exact) mass is 347 g/mol. The Labute approximate surface area is 146 Å². The van der Waals surface area contributed by atoms with E-state index in [1.54, 1.807) is 26.0 Å². The molecule has 0 saturated carbocycles. The molecule has 0 saturated heterocycles. The third-order valence-corrected chi connectivity index (χ3v) is 4.11. The van der Waals surface area contributed by atoms with Gasteiger partial charge in [-0.1, -0.05) is 6.07 Å². The average Bonchev–Trinajstić information content (AvgIpc) is 2.64. The van der Waals surface area contributed by atoms with Crippen LogP contribution >= 0.6 is 11.8 Å². The van der Waals surface area contributed by atoms with Crippen molar-refractivity contribution >= 4 is 17.7 Å². The van der Waals surface area contributed by atoms with Crippen molar-refractivity contribution in [2.45, 2.75) is 11.4 Å². The highest BCUT2D eigenvalue weighted by molar-refractivity contribution is 7.98. The number of hydrogen-bond acceptors (Lipinski definition) is 5. The van der Waals surface area contributed by atoms with E-state index in [4.69, 9.17) is 14.2 Å². The molecule has 0 aromatic heterocycles. The van der Waals surface area contributed by atoms with Gasteiger partial charge in [-0.05, 0) is 48.2 Å². The Morgan fingerprint density at radius 2 is 1.75 bits per heavy atom. The van der Waals surface area contributed by atoms with Crippen LogP contribution in [0.3, 0.4) is 0 Å². The summed E-state index contributed by atoms with van der Waals surface area (Å²) >= 11 is 1.66. The summed E-state index contributed by atoms with van der Waals surface area (Å²) in [5.74, 6) is 1.78. The van der Waals surface area contributed by atoms with Gasteiger partial charge < -0.3 is 19.5 Å². The van der Waals surface area contributed by atoms with E-state index in [0.717, 1.165) is 10.5 Å². The van der Waals surface area contributed by atoms with E-state index >= 15 is 0 Å². The molecular formula is C18H21NO4S. The van der Waals surface area contributed by atoms with Crippen LogP contribution in [0.15, 0.2) is 47.4 Å². The lowest BCUT2D eigenvalue weighted by molar-refractivity contribution is -0.123. The number of hydrogen-bond donors (Lipinski definition) is 1. The van der Waals surface area contributed by atoms with E-state index in [-0.39, 0.29) is 12.5 Å². The predicted octanol–water partition coefficient (Wildman–Crippen LogP) is 3.12. The van der Waals surface area contributed by atoms with Gasteiger partial charge in [0.05, 0.1) is 14.2 Å². The van der Waals surface area contributed by atoms with Gasteiger partial charge in [-0.15, -0.1) is 11.8 Å². The van der Waals surface area contributed by atoms with Crippen molar-refractivity contribution in [3.8, 4) is 17.2 Å². The fourth-order valence-electron chi connectivity index (χ4n) is 2.06. The molecule has 0 radical (unpaired) electrons. The molecule has 0 spiro atoms. The number of benzene rings is 2. The van der Waals surface area contributed by atoms with Crippen molar-refractivity contribution < 1.29 is 19.0 Å². The van der Waals surface area contributed by atoms with Gasteiger partial charge in [0.2, 0.25) is 0 Å². The van der Waals surface area contributed by atoms with Crippen molar-refractivity contribution in [1.82, 2.24) is 5.32 Å². The van der Waals surface area contributed by atoms with Crippen LogP contribution in [0.1, 0.15) is 5.56 Å². The number of amides is 1. The lowest BCUT2D eigenvalue weighted by Crippen LogP contribution is -2.28. The molecule has 2 aromatic rings. The molecule has 128 valence electrons. The third kappa shape index (κ3) is 5.09. The molecule has 0 bridgehead atoms. The molecule has 2 aromatic carbocycles. The molecule has 2 rings (SSSR count). The number of ether oxygens (including phenoxy) is 3. The Balaban J connectivity index is 1.82. The second-order valence-corrected chi connectivity index (χ2v) is 5.81. The van der Waals surface area contributed by atoms with Crippen LogP contribution in [0.25, 0.3) is 0 Å². The number of carbonyl (C=O) groups is 1. The quantitative estimate of drug-likeness (QED) is 0.744. The Morgan fingerprint density at radius 1 is 1.04 bits per heavy atom. The maximum Gasteiger partial charge on any atom is 0.258 e. The van der Waals surface area contributed by atoms with Crippen LogP contribution in [0, 0.1) is 0 Å². The van der Waals surface area contributed by atoms with E-state index in [2.05, 4.69) is 5.32 Å². The maximum absolute atomic E-state index is 11.9. The van der Waals surface area contributed by atoms with E-state index in [0.29, 0.717) is 23.8 Å². The van der Waals surface area contributed by atoms with Crippen molar-refractivity contribution in [2.24, 2.45) is 0 Å².